The first-order valence-corrected chi connectivity index (χ1v) is 6.56. The molecule has 0 bridgehead atoms. The summed E-state index contributed by atoms with van der Waals surface area (Å²) in [7, 11) is 2.05. The first-order valence-electron chi connectivity index (χ1n) is 6.56. The van der Waals surface area contributed by atoms with Gasteiger partial charge < -0.3 is 14.7 Å². The molecule has 1 unspecified atom stereocenters. The first-order chi connectivity index (χ1) is 9.02. The number of nitrogen functional groups attached to an aromatic ring is 1. The number of nitrogens with zero attached hydrogens (tertiary/aromatic N) is 4. The van der Waals surface area contributed by atoms with Crippen LogP contribution in [0.3, 0.4) is 0 Å². The normalized spacial score (nSPS) is 12.9. The van der Waals surface area contributed by atoms with Gasteiger partial charge in [-0.15, -0.1) is 0 Å². The second-order valence-electron chi connectivity index (χ2n) is 5.34. The number of rotatable bonds is 5. The van der Waals surface area contributed by atoms with Crippen molar-refractivity contribution in [2.75, 3.05) is 17.4 Å². The highest BCUT2D eigenvalue weighted by Gasteiger charge is 2.17. The van der Waals surface area contributed by atoms with E-state index in [9.17, 15) is 0 Å². The summed E-state index contributed by atoms with van der Waals surface area (Å²) >= 11 is 0. The summed E-state index contributed by atoms with van der Waals surface area (Å²) in [5.74, 6) is 7.58. The molecule has 0 fully saturated rings. The van der Waals surface area contributed by atoms with Gasteiger partial charge in [-0.25, -0.2) is 15.8 Å². The molecule has 0 saturated heterocycles. The van der Waals surface area contributed by atoms with Crippen molar-refractivity contribution >= 4 is 17.3 Å². The average molecular weight is 262 g/mol. The van der Waals surface area contributed by atoms with Crippen LogP contribution in [0, 0.1) is 5.92 Å². The van der Waals surface area contributed by atoms with Gasteiger partial charge in [-0.2, -0.15) is 0 Å². The van der Waals surface area contributed by atoms with Gasteiger partial charge in [-0.05, 0) is 19.3 Å². The maximum Gasteiger partial charge on any atom is 0.180 e. The fraction of sp³-hybridized carbons (Fsp3) is 0.538. The summed E-state index contributed by atoms with van der Waals surface area (Å²) in [6.45, 7) is 6.64. The molecule has 6 nitrogen and oxygen atoms in total. The summed E-state index contributed by atoms with van der Waals surface area (Å²) in [5.41, 5.74) is 3.44. The van der Waals surface area contributed by atoms with E-state index in [0.29, 0.717) is 17.8 Å². The summed E-state index contributed by atoms with van der Waals surface area (Å²) in [5, 5.41) is 0. The lowest BCUT2D eigenvalue weighted by molar-refractivity contribution is 0.502. The third kappa shape index (κ3) is 2.78. The number of fused-ring (bicyclic) bond motifs is 1. The van der Waals surface area contributed by atoms with Crippen molar-refractivity contribution in [2.24, 2.45) is 11.8 Å². The van der Waals surface area contributed by atoms with Gasteiger partial charge in [0.05, 0.1) is 6.20 Å². The van der Waals surface area contributed by atoms with Gasteiger partial charge in [0, 0.05) is 25.5 Å². The molecule has 2 aromatic heterocycles. The van der Waals surface area contributed by atoms with E-state index in [1.807, 2.05) is 23.8 Å². The Bertz CT molecular complexity index is 547. The van der Waals surface area contributed by atoms with Crippen LogP contribution in [0.1, 0.15) is 27.2 Å². The molecule has 2 rings (SSSR count). The number of nitrogens with one attached hydrogen (secondary N) is 1. The quantitative estimate of drug-likeness (QED) is 0.636. The number of aromatic nitrogens is 3. The minimum absolute atomic E-state index is 0.390. The van der Waals surface area contributed by atoms with Crippen molar-refractivity contribution in [1.29, 1.82) is 0 Å². The predicted molar refractivity (Wildman–Crippen MR) is 78.1 cm³/mol. The van der Waals surface area contributed by atoms with Crippen LogP contribution in [0.5, 0.6) is 0 Å². The van der Waals surface area contributed by atoms with Crippen molar-refractivity contribution < 1.29 is 0 Å². The molecule has 0 aliphatic heterocycles. The summed E-state index contributed by atoms with van der Waals surface area (Å²) in [6, 6.07) is 0.390. The third-order valence-corrected chi connectivity index (χ3v) is 3.31. The number of hydrazine groups is 1. The first kappa shape index (κ1) is 13.6. The van der Waals surface area contributed by atoms with Gasteiger partial charge in [0.25, 0.3) is 0 Å². The predicted octanol–water partition coefficient (Wildman–Crippen LogP) is 1.89. The number of nitrogens with two attached hydrogens (primary N) is 1. The van der Waals surface area contributed by atoms with Crippen LogP contribution in [0.4, 0.5) is 11.6 Å². The van der Waals surface area contributed by atoms with Gasteiger partial charge in [-0.3, -0.25) is 0 Å². The number of anilines is 2. The van der Waals surface area contributed by atoms with Gasteiger partial charge >= 0.3 is 0 Å². The third-order valence-electron chi connectivity index (χ3n) is 3.31. The standard InChI is InChI=1S/C13H22N6/c1-9(2)7-10(3)18(4)13-12-15-5-6-19(12)8-11(16-13)17-14/h5-6,8-10,17H,7,14H2,1-4H3. The zero-order chi connectivity index (χ0) is 14.0. The van der Waals surface area contributed by atoms with Crippen LogP contribution >= 0.6 is 0 Å². The molecule has 2 heterocycles. The molecular weight excluding hydrogens is 240 g/mol. The molecule has 0 spiro atoms. The molecule has 1 atom stereocenters. The van der Waals surface area contributed by atoms with E-state index in [1.54, 1.807) is 6.20 Å². The Hall–Kier alpha value is -1.82. The van der Waals surface area contributed by atoms with E-state index in [-0.39, 0.29) is 0 Å². The highest BCUT2D eigenvalue weighted by Crippen LogP contribution is 2.23. The molecule has 3 N–H and O–H groups in total. The maximum atomic E-state index is 5.47. The average Bonchev–Trinajstić information content (AvgIpc) is 2.83. The van der Waals surface area contributed by atoms with Crippen LogP contribution in [0.2, 0.25) is 0 Å². The molecule has 104 valence electrons. The SMILES string of the molecule is CC(C)CC(C)N(C)c1nc(NN)cn2ccnc12. The topological polar surface area (TPSA) is 71.5 Å². The molecule has 0 aromatic carbocycles. The minimum Gasteiger partial charge on any atom is -0.354 e. The second-order valence-corrected chi connectivity index (χ2v) is 5.34. The monoisotopic (exact) mass is 262 g/mol. The van der Waals surface area contributed by atoms with Crippen molar-refractivity contribution in [1.82, 2.24) is 14.4 Å². The van der Waals surface area contributed by atoms with Crippen molar-refractivity contribution in [3.63, 3.8) is 0 Å². The van der Waals surface area contributed by atoms with Crippen LogP contribution in [0.25, 0.3) is 5.65 Å². The molecular formula is C13H22N6. The summed E-state index contributed by atoms with van der Waals surface area (Å²) in [4.78, 5) is 11.0. The fourth-order valence-electron chi connectivity index (χ4n) is 2.27. The molecule has 2 aromatic rings. The Morgan fingerprint density at radius 3 is 2.79 bits per heavy atom. The largest absolute Gasteiger partial charge is 0.354 e. The van der Waals surface area contributed by atoms with Crippen molar-refractivity contribution in [3.8, 4) is 0 Å². The zero-order valence-electron chi connectivity index (χ0n) is 12.0. The molecule has 19 heavy (non-hydrogen) atoms. The Labute approximate surface area is 113 Å². The molecule has 0 amide bonds. The Morgan fingerprint density at radius 1 is 1.42 bits per heavy atom. The smallest absolute Gasteiger partial charge is 0.180 e. The second kappa shape index (κ2) is 5.44. The summed E-state index contributed by atoms with van der Waals surface area (Å²) < 4.78 is 1.93. The van der Waals surface area contributed by atoms with Crippen LogP contribution < -0.4 is 16.2 Å². The van der Waals surface area contributed by atoms with Crippen molar-refractivity contribution in [2.45, 2.75) is 33.2 Å². The molecule has 0 radical (unpaired) electrons. The number of hydrogen-bond acceptors (Lipinski definition) is 5. The van der Waals surface area contributed by atoms with E-state index >= 15 is 0 Å². The fourth-order valence-corrected chi connectivity index (χ4v) is 2.27. The van der Waals surface area contributed by atoms with E-state index in [1.165, 1.54) is 0 Å². The van der Waals surface area contributed by atoms with E-state index < -0.39 is 0 Å². The van der Waals surface area contributed by atoms with Gasteiger partial charge in [0.1, 0.15) is 0 Å². The number of hydrogen-bond donors (Lipinski definition) is 2. The van der Waals surface area contributed by atoms with Gasteiger partial charge in [-0.1, -0.05) is 13.8 Å². The lowest BCUT2D eigenvalue weighted by Gasteiger charge is -2.27. The Kier molecular flexibility index (Phi) is 3.90. The van der Waals surface area contributed by atoms with Crippen LogP contribution in [-0.2, 0) is 0 Å². The van der Waals surface area contributed by atoms with E-state index in [2.05, 4.69) is 41.1 Å². The van der Waals surface area contributed by atoms with Crippen molar-refractivity contribution in [3.05, 3.63) is 18.6 Å². The molecule has 0 saturated carbocycles. The molecule has 6 heteroatoms. The highest BCUT2D eigenvalue weighted by atomic mass is 15.3. The maximum absolute atomic E-state index is 5.47. The Balaban J connectivity index is 2.39. The van der Waals surface area contributed by atoms with E-state index in [4.69, 9.17) is 5.84 Å². The lowest BCUT2D eigenvalue weighted by atomic mass is 10.0. The highest BCUT2D eigenvalue weighted by molar-refractivity contribution is 5.66. The van der Waals surface area contributed by atoms with Crippen LogP contribution in [-0.4, -0.2) is 27.5 Å². The lowest BCUT2D eigenvalue weighted by Crippen LogP contribution is -2.31. The minimum atomic E-state index is 0.390. The number of imidazole rings is 1. The van der Waals surface area contributed by atoms with Gasteiger partial charge in [0.2, 0.25) is 0 Å². The molecule has 0 aliphatic rings. The zero-order valence-corrected chi connectivity index (χ0v) is 12.0. The molecule has 0 aliphatic carbocycles. The van der Waals surface area contributed by atoms with Crippen LogP contribution in [0.15, 0.2) is 18.6 Å². The van der Waals surface area contributed by atoms with Gasteiger partial charge in [0.15, 0.2) is 17.3 Å². The Morgan fingerprint density at radius 2 is 2.16 bits per heavy atom. The van der Waals surface area contributed by atoms with E-state index in [0.717, 1.165) is 17.9 Å². The summed E-state index contributed by atoms with van der Waals surface area (Å²) in [6.07, 6.45) is 6.59.